The van der Waals surface area contributed by atoms with Crippen LogP contribution in [-0.4, -0.2) is 42.4 Å². The SMILES string of the molecule is O=C(O)/C=C/C=C(/c1ccc(C(F)(F)F)cc1)c1ccc(N2CCCOCC2)nc1. The Bertz CT molecular complexity index is 912. The number of carboxylic acid groups (broad SMARTS) is 1. The van der Waals surface area contributed by atoms with Crippen molar-refractivity contribution in [3.63, 3.8) is 0 Å². The van der Waals surface area contributed by atoms with E-state index in [4.69, 9.17) is 9.84 Å². The Morgan fingerprint density at radius 1 is 1.07 bits per heavy atom. The van der Waals surface area contributed by atoms with E-state index in [0.717, 1.165) is 43.5 Å². The molecular weight excluding hydrogens is 397 g/mol. The Kier molecular flexibility index (Phi) is 6.89. The smallest absolute Gasteiger partial charge is 0.416 e. The molecule has 0 amide bonds. The number of halogens is 3. The topological polar surface area (TPSA) is 62.7 Å². The van der Waals surface area contributed by atoms with Crippen LogP contribution in [0.15, 0.2) is 60.8 Å². The van der Waals surface area contributed by atoms with Crippen molar-refractivity contribution in [3.05, 3.63) is 77.5 Å². The standard InChI is InChI=1S/C22H21F3N2O3/c23-22(24,25)18-8-5-16(6-9-18)19(3-1-4-21(28)29)17-7-10-20(26-15-17)27-11-2-13-30-14-12-27/h1,3-10,15H,2,11-14H2,(H,28,29)/b4-1+,19-3-. The van der Waals surface area contributed by atoms with Crippen molar-refractivity contribution in [2.45, 2.75) is 12.6 Å². The molecule has 1 aromatic carbocycles. The Hall–Kier alpha value is -3.13. The molecule has 8 heteroatoms. The number of pyridine rings is 1. The van der Waals surface area contributed by atoms with E-state index in [1.165, 1.54) is 18.2 Å². The lowest BCUT2D eigenvalue weighted by atomic mass is 9.97. The van der Waals surface area contributed by atoms with Gasteiger partial charge in [0.15, 0.2) is 0 Å². The van der Waals surface area contributed by atoms with E-state index < -0.39 is 17.7 Å². The number of hydrogen-bond donors (Lipinski definition) is 1. The maximum atomic E-state index is 12.9. The molecule has 5 nitrogen and oxygen atoms in total. The van der Waals surface area contributed by atoms with Gasteiger partial charge in [0.2, 0.25) is 0 Å². The average molecular weight is 418 g/mol. The summed E-state index contributed by atoms with van der Waals surface area (Å²) in [7, 11) is 0. The Morgan fingerprint density at radius 3 is 2.43 bits per heavy atom. The molecule has 0 radical (unpaired) electrons. The Balaban J connectivity index is 1.91. The lowest BCUT2D eigenvalue weighted by molar-refractivity contribution is -0.137. The summed E-state index contributed by atoms with van der Waals surface area (Å²) in [6.07, 6.45) is 1.97. The van der Waals surface area contributed by atoms with Gasteiger partial charge in [-0.15, -0.1) is 0 Å². The van der Waals surface area contributed by atoms with E-state index in [9.17, 15) is 18.0 Å². The molecule has 3 rings (SSSR count). The average Bonchev–Trinajstić information content (AvgIpc) is 3.00. The molecule has 1 N–H and O–H groups in total. The van der Waals surface area contributed by atoms with Crippen LogP contribution in [-0.2, 0) is 15.7 Å². The predicted octanol–water partition coefficient (Wildman–Crippen LogP) is 4.40. The molecule has 2 heterocycles. The number of nitrogens with zero attached hydrogens (tertiary/aromatic N) is 2. The van der Waals surface area contributed by atoms with Crippen LogP contribution in [0.2, 0.25) is 0 Å². The van der Waals surface area contributed by atoms with Crippen LogP contribution < -0.4 is 4.90 Å². The van der Waals surface area contributed by atoms with Crippen LogP contribution >= 0.6 is 0 Å². The number of aromatic nitrogens is 1. The fourth-order valence-electron chi connectivity index (χ4n) is 3.13. The second kappa shape index (κ2) is 9.58. The summed E-state index contributed by atoms with van der Waals surface area (Å²) in [5.41, 5.74) is 1.01. The van der Waals surface area contributed by atoms with Gasteiger partial charge in [0.1, 0.15) is 5.82 Å². The molecule has 1 fully saturated rings. The van der Waals surface area contributed by atoms with Crippen molar-refractivity contribution in [1.29, 1.82) is 0 Å². The van der Waals surface area contributed by atoms with Gasteiger partial charge in [-0.2, -0.15) is 13.2 Å². The van der Waals surface area contributed by atoms with Crippen LogP contribution in [0.3, 0.4) is 0 Å². The van der Waals surface area contributed by atoms with Gasteiger partial charge >= 0.3 is 12.1 Å². The summed E-state index contributed by atoms with van der Waals surface area (Å²) >= 11 is 0. The lowest BCUT2D eigenvalue weighted by Gasteiger charge is -2.21. The van der Waals surface area contributed by atoms with Gasteiger partial charge in [-0.05, 0) is 41.8 Å². The molecule has 0 unspecified atom stereocenters. The molecule has 0 saturated carbocycles. The van der Waals surface area contributed by atoms with E-state index >= 15 is 0 Å². The minimum absolute atomic E-state index is 0.524. The fraction of sp³-hybridized carbons (Fsp3) is 0.273. The third kappa shape index (κ3) is 5.70. The summed E-state index contributed by atoms with van der Waals surface area (Å²) in [5, 5.41) is 8.83. The highest BCUT2D eigenvalue weighted by Gasteiger charge is 2.30. The number of aliphatic carboxylic acids is 1. The van der Waals surface area contributed by atoms with Crippen molar-refractivity contribution in [1.82, 2.24) is 4.98 Å². The molecule has 0 spiro atoms. The number of rotatable bonds is 5. The van der Waals surface area contributed by atoms with Gasteiger partial charge in [-0.1, -0.05) is 24.3 Å². The van der Waals surface area contributed by atoms with Crippen molar-refractivity contribution in [2.75, 3.05) is 31.2 Å². The molecule has 1 saturated heterocycles. The zero-order chi connectivity index (χ0) is 21.6. The van der Waals surface area contributed by atoms with Crippen LogP contribution in [0.4, 0.5) is 19.0 Å². The van der Waals surface area contributed by atoms with Gasteiger partial charge in [-0.25, -0.2) is 9.78 Å². The third-order valence-corrected chi connectivity index (χ3v) is 4.63. The molecule has 0 bridgehead atoms. The van der Waals surface area contributed by atoms with Gasteiger partial charge in [-0.3, -0.25) is 0 Å². The Morgan fingerprint density at radius 2 is 1.80 bits per heavy atom. The van der Waals surface area contributed by atoms with Gasteiger partial charge < -0.3 is 14.7 Å². The van der Waals surface area contributed by atoms with E-state index in [1.807, 2.05) is 12.1 Å². The van der Waals surface area contributed by atoms with Crippen LogP contribution in [0, 0.1) is 0 Å². The summed E-state index contributed by atoms with van der Waals surface area (Å²) in [6, 6.07) is 8.41. The first kappa shape index (κ1) is 21.6. The molecule has 1 aromatic heterocycles. The monoisotopic (exact) mass is 418 g/mol. The zero-order valence-electron chi connectivity index (χ0n) is 16.1. The molecule has 1 aliphatic rings. The maximum Gasteiger partial charge on any atom is 0.416 e. The highest BCUT2D eigenvalue weighted by molar-refractivity contribution is 5.84. The molecule has 1 aliphatic heterocycles. The number of allylic oxidation sites excluding steroid dienone is 2. The number of ether oxygens (including phenoxy) is 1. The van der Waals surface area contributed by atoms with Crippen molar-refractivity contribution < 1.29 is 27.8 Å². The van der Waals surface area contributed by atoms with Crippen molar-refractivity contribution in [3.8, 4) is 0 Å². The first-order valence-corrected chi connectivity index (χ1v) is 9.42. The third-order valence-electron chi connectivity index (χ3n) is 4.63. The largest absolute Gasteiger partial charge is 0.478 e. The quantitative estimate of drug-likeness (QED) is 0.576. The second-order valence-electron chi connectivity index (χ2n) is 6.71. The first-order chi connectivity index (χ1) is 14.3. The van der Waals surface area contributed by atoms with Gasteiger partial charge in [0, 0.05) is 37.5 Å². The summed E-state index contributed by atoms with van der Waals surface area (Å²) in [6.45, 7) is 2.90. The normalized spacial score (nSPS) is 16.0. The minimum Gasteiger partial charge on any atom is -0.478 e. The molecule has 0 aliphatic carbocycles. The number of alkyl halides is 3. The van der Waals surface area contributed by atoms with Gasteiger partial charge in [0.25, 0.3) is 0 Å². The van der Waals surface area contributed by atoms with Crippen LogP contribution in [0.5, 0.6) is 0 Å². The summed E-state index contributed by atoms with van der Waals surface area (Å²) < 4.78 is 44.1. The second-order valence-corrected chi connectivity index (χ2v) is 6.71. The highest BCUT2D eigenvalue weighted by Crippen LogP contribution is 2.31. The number of carboxylic acids is 1. The van der Waals surface area contributed by atoms with Crippen LogP contribution in [0.25, 0.3) is 5.57 Å². The molecular formula is C22H21F3N2O3. The van der Waals surface area contributed by atoms with E-state index in [-0.39, 0.29) is 0 Å². The van der Waals surface area contributed by atoms with E-state index in [0.29, 0.717) is 29.9 Å². The number of benzene rings is 1. The van der Waals surface area contributed by atoms with E-state index in [1.54, 1.807) is 12.3 Å². The van der Waals surface area contributed by atoms with Gasteiger partial charge in [0.05, 0.1) is 12.2 Å². The molecule has 2 aromatic rings. The van der Waals surface area contributed by atoms with Crippen molar-refractivity contribution in [2.24, 2.45) is 0 Å². The fourth-order valence-corrected chi connectivity index (χ4v) is 3.13. The predicted molar refractivity (Wildman–Crippen MR) is 107 cm³/mol. The maximum absolute atomic E-state index is 12.9. The summed E-state index contributed by atoms with van der Waals surface area (Å²) in [4.78, 5) is 17.4. The molecule has 0 atom stereocenters. The lowest BCUT2D eigenvalue weighted by Crippen LogP contribution is -2.26. The Labute approximate surface area is 172 Å². The number of anilines is 1. The van der Waals surface area contributed by atoms with Crippen molar-refractivity contribution >= 4 is 17.4 Å². The minimum atomic E-state index is -4.42. The number of carbonyl (C=O) groups is 1. The zero-order valence-corrected chi connectivity index (χ0v) is 16.1. The van der Waals surface area contributed by atoms with Crippen LogP contribution in [0.1, 0.15) is 23.1 Å². The number of hydrogen-bond acceptors (Lipinski definition) is 4. The molecule has 30 heavy (non-hydrogen) atoms. The highest BCUT2D eigenvalue weighted by atomic mass is 19.4. The summed E-state index contributed by atoms with van der Waals surface area (Å²) in [5.74, 6) is -0.327. The van der Waals surface area contributed by atoms with E-state index in [2.05, 4.69) is 9.88 Å². The molecule has 158 valence electrons. The first-order valence-electron chi connectivity index (χ1n) is 9.42.